The molecule has 0 spiro atoms. The van der Waals surface area contributed by atoms with E-state index in [0.717, 1.165) is 12.2 Å². The predicted molar refractivity (Wildman–Crippen MR) is 70.1 cm³/mol. The highest BCUT2D eigenvalue weighted by Gasteiger charge is 2.14. The van der Waals surface area contributed by atoms with E-state index in [1.807, 2.05) is 19.1 Å². The maximum atomic E-state index is 13.6. The van der Waals surface area contributed by atoms with Crippen molar-refractivity contribution < 1.29 is 8.81 Å². The van der Waals surface area contributed by atoms with Crippen molar-refractivity contribution in [3.05, 3.63) is 58.3 Å². The van der Waals surface area contributed by atoms with Gasteiger partial charge in [0, 0.05) is 11.4 Å². The molecule has 2 aromatic rings. The molecule has 2 nitrogen and oxygen atoms in total. The van der Waals surface area contributed by atoms with Gasteiger partial charge in [-0.25, -0.2) is 4.39 Å². The Kier molecular flexibility index (Phi) is 4.04. The Bertz CT molecular complexity index is 538. The lowest BCUT2D eigenvalue weighted by molar-refractivity contribution is 0.432. The van der Waals surface area contributed by atoms with Crippen LogP contribution >= 0.6 is 11.6 Å². The summed E-state index contributed by atoms with van der Waals surface area (Å²) >= 11 is 5.84. The number of aryl methyl sites for hydroxylation is 1. The van der Waals surface area contributed by atoms with Crippen molar-refractivity contribution in [2.45, 2.75) is 25.8 Å². The second-order valence-electron chi connectivity index (χ2n) is 4.20. The van der Waals surface area contributed by atoms with Crippen LogP contribution in [0.2, 0.25) is 5.02 Å². The lowest BCUT2D eigenvalue weighted by Crippen LogP contribution is -2.13. The minimum atomic E-state index is -0.363. The minimum absolute atomic E-state index is 0.294. The van der Waals surface area contributed by atoms with Crippen LogP contribution in [0.25, 0.3) is 0 Å². The van der Waals surface area contributed by atoms with Crippen LogP contribution < -0.4 is 5.73 Å². The summed E-state index contributed by atoms with van der Waals surface area (Å²) in [6.45, 7) is 2.00. The Morgan fingerprint density at radius 1 is 1.33 bits per heavy atom. The molecule has 0 amide bonds. The maximum Gasteiger partial charge on any atom is 0.126 e. The topological polar surface area (TPSA) is 39.2 Å². The van der Waals surface area contributed by atoms with Gasteiger partial charge in [0.2, 0.25) is 0 Å². The minimum Gasteiger partial charge on any atom is -0.464 e. The van der Waals surface area contributed by atoms with E-state index in [0.29, 0.717) is 22.8 Å². The van der Waals surface area contributed by atoms with Crippen molar-refractivity contribution in [3.8, 4) is 0 Å². The summed E-state index contributed by atoms with van der Waals surface area (Å²) in [5.41, 5.74) is 6.51. The summed E-state index contributed by atoms with van der Waals surface area (Å²) in [6, 6.07) is 7.84. The van der Waals surface area contributed by atoms with Crippen LogP contribution in [-0.2, 0) is 12.8 Å². The number of halogens is 2. The molecule has 96 valence electrons. The Balaban J connectivity index is 2.15. The van der Waals surface area contributed by atoms with Crippen LogP contribution in [0.15, 0.2) is 34.7 Å². The molecule has 1 atom stereocenters. The molecule has 0 radical (unpaired) electrons. The molecule has 0 aliphatic rings. The van der Waals surface area contributed by atoms with Gasteiger partial charge in [-0.2, -0.15) is 0 Å². The van der Waals surface area contributed by atoms with Crippen molar-refractivity contribution in [3.63, 3.8) is 0 Å². The number of furan rings is 1. The number of nitrogens with two attached hydrogens (primary N) is 1. The Morgan fingerprint density at radius 2 is 2.11 bits per heavy atom. The Labute approximate surface area is 111 Å². The third kappa shape index (κ3) is 2.92. The molecule has 0 bridgehead atoms. The molecular weight excluding hydrogens is 253 g/mol. The zero-order valence-corrected chi connectivity index (χ0v) is 10.9. The quantitative estimate of drug-likeness (QED) is 0.913. The van der Waals surface area contributed by atoms with Crippen LogP contribution in [0.1, 0.15) is 30.0 Å². The van der Waals surface area contributed by atoms with E-state index in [1.54, 1.807) is 6.07 Å². The number of benzene rings is 1. The summed E-state index contributed by atoms with van der Waals surface area (Å²) in [4.78, 5) is 0. The lowest BCUT2D eigenvalue weighted by atomic mass is 10.0. The van der Waals surface area contributed by atoms with Crippen LogP contribution in [0.3, 0.4) is 0 Å². The molecule has 4 heteroatoms. The monoisotopic (exact) mass is 267 g/mol. The second kappa shape index (κ2) is 5.55. The first kappa shape index (κ1) is 13.1. The van der Waals surface area contributed by atoms with Gasteiger partial charge in [-0.3, -0.25) is 0 Å². The summed E-state index contributed by atoms with van der Waals surface area (Å²) in [6.07, 6.45) is 1.18. The van der Waals surface area contributed by atoms with Gasteiger partial charge < -0.3 is 10.2 Å². The van der Waals surface area contributed by atoms with E-state index < -0.39 is 0 Å². The zero-order chi connectivity index (χ0) is 13.1. The average Bonchev–Trinajstić information content (AvgIpc) is 2.82. The molecule has 2 rings (SSSR count). The van der Waals surface area contributed by atoms with E-state index >= 15 is 0 Å². The van der Waals surface area contributed by atoms with Gasteiger partial charge in [-0.05, 0) is 42.3 Å². The lowest BCUT2D eigenvalue weighted by Gasteiger charge is -2.10. The summed E-state index contributed by atoms with van der Waals surface area (Å²) in [7, 11) is 0. The number of hydrogen-bond donors (Lipinski definition) is 1. The summed E-state index contributed by atoms with van der Waals surface area (Å²) in [5, 5.41) is 0.507. The first-order valence-corrected chi connectivity index (χ1v) is 6.26. The molecule has 0 fully saturated rings. The Hall–Kier alpha value is -1.32. The standard InChI is InChI=1S/C14H15ClFNO/c1-2-11-4-6-14(18-11)13(17)8-9-7-10(15)3-5-12(9)16/h3-7,13H,2,8,17H2,1H3. The van der Waals surface area contributed by atoms with Crippen molar-refractivity contribution in [2.24, 2.45) is 5.73 Å². The van der Waals surface area contributed by atoms with Crippen LogP contribution in [0.4, 0.5) is 4.39 Å². The highest BCUT2D eigenvalue weighted by Crippen LogP contribution is 2.22. The molecule has 2 N–H and O–H groups in total. The van der Waals surface area contributed by atoms with Crippen molar-refractivity contribution in [1.29, 1.82) is 0 Å². The van der Waals surface area contributed by atoms with E-state index in [9.17, 15) is 4.39 Å². The molecule has 0 aliphatic carbocycles. The van der Waals surface area contributed by atoms with E-state index in [4.69, 9.17) is 21.8 Å². The molecule has 1 unspecified atom stereocenters. The highest BCUT2D eigenvalue weighted by atomic mass is 35.5. The van der Waals surface area contributed by atoms with Crippen LogP contribution in [-0.4, -0.2) is 0 Å². The van der Waals surface area contributed by atoms with E-state index in [2.05, 4.69) is 0 Å². The first-order valence-electron chi connectivity index (χ1n) is 5.88. The molecule has 0 saturated heterocycles. The number of hydrogen-bond acceptors (Lipinski definition) is 2. The van der Waals surface area contributed by atoms with E-state index in [-0.39, 0.29) is 11.9 Å². The second-order valence-corrected chi connectivity index (χ2v) is 4.64. The normalized spacial score (nSPS) is 12.7. The van der Waals surface area contributed by atoms with Crippen LogP contribution in [0.5, 0.6) is 0 Å². The molecular formula is C14H15ClFNO. The smallest absolute Gasteiger partial charge is 0.126 e. The first-order chi connectivity index (χ1) is 8.60. The highest BCUT2D eigenvalue weighted by molar-refractivity contribution is 6.30. The fraction of sp³-hybridized carbons (Fsp3) is 0.286. The zero-order valence-electron chi connectivity index (χ0n) is 10.1. The van der Waals surface area contributed by atoms with Gasteiger partial charge in [-0.1, -0.05) is 18.5 Å². The predicted octanol–water partition coefficient (Wildman–Crippen LogP) is 3.88. The largest absolute Gasteiger partial charge is 0.464 e. The maximum absolute atomic E-state index is 13.6. The molecule has 1 aromatic carbocycles. The summed E-state index contributed by atoms with van der Waals surface area (Å²) < 4.78 is 19.1. The van der Waals surface area contributed by atoms with Crippen LogP contribution in [0, 0.1) is 5.82 Å². The van der Waals surface area contributed by atoms with E-state index in [1.165, 1.54) is 12.1 Å². The third-order valence-electron chi connectivity index (χ3n) is 2.84. The van der Waals surface area contributed by atoms with Crippen molar-refractivity contribution >= 4 is 11.6 Å². The average molecular weight is 268 g/mol. The molecule has 1 heterocycles. The summed E-state index contributed by atoms with van der Waals surface area (Å²) in [5.74, 6) is 1.26. The molecule has 0 aliphatic heterocycles. The van der Waals surface area contributed by atoms with Gasteiger partial charge in [0.25, 0.3) is 0 Å². The fourth-order valence-electron chi connectivity index (χ4n) is 1.82. The molecule has 18 heavy (non-hydrogen) atoms. The van der Waals surface area contributed by atoms with Crippen molar-refractivity contribution in [1.82, 2.24) is 0 Å². The molecule has 0 saturated carbocycles. The Morgan fingerprint density at radius 3 is 2.78 bits per heavy atom. The number of rotatable bonds is 4. The molecule has 1 aromatic heterocycles. The van der Waals surface area contributed by atoms with Gasteiger partial charge in [-0.15, -0.1) is 0 Å². The fourth-order valence-corrected chi connectivity index (χ4v) is 2.02. The van der Waals surface area contributed by atoms with Gasteiger partial charge in [0.05, 0.1) is 6.04 Å². The SMILES string of the molecule is CCc1ccc(C(N)Cc2cc(Cl)ccc2F)o1. The van der Waals surface area contributed by atoms with Gasteiger partial charge in [0.15, 0.2) is 0 Å². The van der Waals surface area contributed by atoms with Crippen molar-refractivity contribution in [2.75, 3.05) is 0 Å². The third-order valence-corrected chi connectivity index (χ3v) is 3.08. The van der Waals surface area contributed by atoms with Gasteiger partial charge >= 0.3 is 0 Å². The van der Waals surface area contributed by atoms with Gasteiger partial charge in [0.1, 0.15) is 17.3 Å².